The number of aromatic nitrogens is 1. The van der Waals surface area contributed by atoms with E-state index in [1.807, 2.05) is 36.4 Å². The zero-order valence-corrected chi connectivity index (χ0v) is 19.2. The third kappa shape index (κ3) is 4.63. The van der Waals surface area contributed by atoms with Gasteiger partial charge in [0.2, 0.25) is 0 Å². The molecular formula is C25H21Cl2N3O3. The van der Waals surface area contributed by atoms with Crippen LogP contribution in [0.25, 0.3) is 10.9 Å². The van der Waals surface area contributed by atoms with E-state index in [0.717, 1.165) is 22.3 Å². The number of rotatable bonds is 5. The number of piperazine rings is 1. The molecule has 6 nitrogen and oxygen atoms in total. The third-order valence-corrected chi connectivity index (χ3v) is 6.28. The van der Waals surface area contributed by atoms with Crippen LogP contribution in [0.1, 0.15) is 16.1 Å². The second-order valence-electron chi connectivity index (χ2n) is 7.78. The summed E-state index contributed by atoms with van der Waals surface area (Å²) in [7, 11) is 0. The molecule has 0 saturated carbocycles. The van der Waals surface area contributed by atoms with Gasteiger partial charge in [-0.2, -0.15) is 0 Å². The van der Waals surface area contributed by atoms with Crippen LogP contribution in [0.3, 0.4) is 0 Å². The molecule has 0 atom stereocenters. The molecular weight excluding hydrogens is 461 g/mol. The normalized spacial score (nSPS) is 14.0. The molecule has 0 aliphatic carbocycles. The van der Waals surface area contributed by atoms with Gasteiger partial charge in [0, 0.05) is 47.2 Å². The Hall–Kier alpha value is -3.22. The van der Waals surface area contributed by atoms with E-state index in [9.17, 15) is 4.79 Å². The summed E-state index contributed by atoms with van der Waals surface area (Å²) in [6.45, 7) is 2.90. The minimum atomic E-state index is -0.0809. The predicted molar refractivity (Wildman–Crippen MR) is 129 cm³/mol. The molecule has 168 valence electrons. The molecule has 1 fully saturated rings. The number of carbonyl (C=O) groups excluding carboxylic acids is 1. The summed E-state index contributed by atoms with van der Waals surface area (Å²) in [5.41, 5.74) is 1.64. The fourth-order valence-electron chi connectivity index (χ4n) is 3.89. The monoisotopic (exact) mass is 481 g/mol. The lowest BCUT2D eigenvalue weighted by Gasteiger charge is -2.35. The van der Waals surface area contributed by atoms with E-state index in [-0.39, 0.29) is 5.91 Å². The van der Waals surface area contributed by atoms with Gasteiger partial charge in [-0.25, -0.2) is 4.98 Å². The zero-order chi connectivity index (χ0) is 22.8. The van der Waals surface area contributed by atoms with Gasteiger partial charge in [-0.3, -0.25) is 4.79 Å². The van der Waals surface area contributed by atoms with E-state index in [2.05, 4.69) is 4.90 Å². The van der Waals surface area contributed by atoms with Crippen molar-refractivity contribution in [3.63, 3.8) is 0 Å². The van der Waals surface area contributed by atoms with Crippen LogP contribution in [-0.4, -0.2) is 42.0 Å². The first-order chi connectivity index (χ1) is 16.1. The number of hydrogen-bond acceptors (Lipinski definition) is 5. The number of hydrogen-bond donors (Lipinski definition) is 0. The fourth-order valence-corrected chi connectivity index (χ4v) is 4.35. The quantitative estimate of drug-likeness (QED) is 0.367. The molecule has 8 heteroatoms. The number of para-hydroxylation sites is 1. The van der Waals surface area contributed by atoms with Crippen molar-refractivity contribution in [2.45, 2.75) is 6.61 Å². The van der Waals surface area contributed by atoms with E-state index in [4.69, 9.17) is 37.3 Å². The van der Waals surface area contributed by atoms with Crippen molar-refractivity contribution in [2.24, 2.45) is 0 Å². The van der Waals surface area contributed by atoms with Crippen LogP contribution in [0.2, 0.25) is 10.0 Å². The Kier molecular flexibility index (Phi) is 6.11. The zero-order valence-electron chi connectivity index (χ0n) is 17.7. The summed E-state index contributed by atoms with van der Waals surface area (Å²) in [6.07, 6.45) is 1.52. The van der Waals surface area contributed by atoms with Gasteiger partial charge in [0.1, 0.15) is 23.7 Å². The van der Waals surface area contributed by atoms with Crippen LogP contribution in [0, 0.1) is 0 Å². The minimum Gasteiger partial charge on any atom is -0.487 e. The van der Waals surface area contributed by atoms with Gasteiger partial charge in [-0.05, 0) is 42.5 Å². The molecule has 0 spiro atoms. The highest BCUT2D eigenvalue weighted by molar-refractivity contribution is 6.35. The van der Waals surface area contributed by atoms with Gasteiger partial charge >= 0.3 is 0 Å². The lowest BCUT2D eigenvalue weighted by Crippen LogP contribution is -2.49. The van der Waals surface area contributed by atoms with Crippen molar-refractivity contribution in [1.82, 2.24) is 9.88 Å². The highest BCUT2D eigenvalue weighted by Crippen LogP contribution is 2.29. The molecule has 0 unspecified atom stereocenters. The Balaban J connectivity index is 1.31. The number of carbonyl (C=O) groups is 1. The number of anilines is 1. The summed E-state index contributed by atoms with van der Waals surface area (Å²) >= 11 is 12.3. The van der Waals surface area contributed by atoms with Gasteiger partial charge in [0.05, 0.1) is 6.26 Å². The molecule has 0 radical (unpaired) electrons. The number of furan rings is 1. The molecule has 2 aromatic carbocycles. The summed E-state index contributed by atoms with van der Waals surface area (Å²) in [6, 6.07) is 18.7. The third-order valence-electron chi connectivity index (χ3n) is 5.69. The van der Waals surface area contributed by atoms with E-state index in [1.165, 1.54) is 6.26 Å². The molecule has 1 amide bonds. The SMILES string of the molecule is O=C(c1ccco1)N1CCN(c2ccc3cccc(OCc4ccc(Cl)cc4Cl)c3n2)CC1. The topological polar surface area (TPSA) is 58.8 Å². The molecule has 3 heterocycles. The summed E-state index contributed by atoms with van der Waals surface area (Å²) < 4.78 is 11.3. The molecule has 4 aromatic rings. The van der Waals surface area contributed by atoms with Gasteiger partial charge < -0.3 is 19.0 Å². The second kappa shape index (κ2) is 9.33. The lowest BCUT2D eigenvalue weighted by molar-refractivity contribution is 0.0714. The number of ether oxygens (including phenoxy) is 1. The summed E-state index contributed by atoms with van der Waals surface area (Å²) in [4.78, 5) is 21.4. The Morgan fingerprint density at radius 2 is 1.85 bits per heavy atom. The van der Waals surface area contributed by atoms with Crippen molar-refractivity contribution in [3.8, 4) is 5.75 Å². The van der Waals surface area contributed by atoms with Crippen molar-refractivity contribution in [3.05, 3.63) is 88.3 Å². The van der Waals surface area contributed by atoms with Crippen molar-refractivity contribution in [1.29, 1.82) is 0 Å². The Morgan fingerprint density at radius 3 is 2.61 bits per heavy atom. The maximum absolute atomic E-state index is 12.5. The maximum Gasteiger partial charge on any atom is 0.289 e. The number of pyridine rings is 1. The smallest absolute Gasteiger partial charge is 0.289 e. The largest absolute Gasteiger partial charge is 0.487 e. The maximum atomic E-state index is 12.5. The molecule has 5 rings (SSSR count). The summed E-state index contributed by atoms with van der Waals surface area (Å²) in [5.74, 6) is 1.83. The molecule has 33 heavy (non-hydrogen) atoms. The Morgan fingerprint density at radius 1 is 1.00 bits per heavy atom. The van der Waals surface area contributed by atoms with Gasteiger partial charge in [0.25, 0.3) is 5.91 Å². The Labute approximate surface area is 201 Å². The highest BCUT2D eigenvalue weighted by atomic mass is 35.5. The van der Waals surface area contributed by atoms with Crippen LogP contribution in [0.4, 0.5) is 5.82 Å². The molecule has 0 bridgehead atoms. The molecule has 1 aliphatic heterocycles. The number of fused-ring (bicyclic) bond motifs is 1. The van der Waals surface area contributed by atoms with Gasteiger partial charge in [-0.1, -0.05) is 41.4 Å². The first kappa shape index (κ1) is 21.6. The van der Waals surface area contributed by atoms with Crippen LogP contribution in [-0.2, 0) is 6.61 Å². The minimum absolute atomic E-state index is 0.0809. The van der Waals surface area contributed by atoms with Gasteiger partial charge in [0.15, 0.2) is 5.76 Å². The average Bonchev–Trinajstić information content (AvgIpc) is 3.38. The number of halogens is 2. The first-order valence-corrected chi connectivity index (χ1v) is 11.4. The van der Waals surface area contributed by atoms with E-state index < -0.39 is 0 Å². The van der Waals surface area contributed by atoms with Crippen molar-refractivity contribution < 1.29 is 13.9 Å². The standard InChI is InChI=1S/C25H21Cl2N3O3/c26-19-8-6-18(20(27)15-19)16-33-21-4-1-3-17-7-9-23(28-24(17)21)29-10-12-30(13-11-29)25(31)22-5-2-14-32-22/h1-9,14-15H,10-13,16H2. The Bertz CT molecular complexity index is 1290. The number of benzene rings is 2. The number of nitrogens with zero attached hydrogens (tertiary/aromatic N) is 3. The fraction of sp³-hybridized carbons (Fsp3) is 0.200. The number of amides is 1. The van der Waals surface area contributed by atoms with Crippen LogP contribution < -0.4 is 9.64 Å². The van der Waals surface area contributed by atoms with Gasteiger partial charge in [-0.15, -0.1) is 0 Å². The first-order valence-electron chi connectivity index (χ1n) is 10.6. The molecule has 2 aromatic heterocycles. The van der Waals surface area contributed by atoms with Crippen molar-refractivity contribution >= 4 is 45.8 Å². The van der Waals surface area contributed by atoms with E-state index in [1.54, 1.807) is 29.2 Å². The lowest BCUT2D eigenvalue weighted by atomic mass is 10.2. The predicted octanol–water partition coefficient (Wildman–Crippen LogP) is 5.68. The molecule has 1 saturated heterocycles. The molecule has 0 N–H and O–H groups in total. The van der Waals surface area contributed by atoms with Crippen LogP contribution >= 0.6 is 23.2 Å². The summed E-state index contributed by atoms with van der Waals surface area (Å²) in [5, 5.41) is 2.15. The van der Waals surface area contributed by atoms with Crippen LogP contribution in [0.5, 0.6) is 5.75 Å². The molecule has 1 aliphatic rings. The highest BCUT2D eigenvalue weighted by Gasteiger charge is 2.24. The van der Waals surface area contributed by atoms with Crippen LogP contribution in [0.15, 0.2) is 71.3 Å². The average molecular weight is 482 g/mol. The van der Waals surface area contributed by atoms with Crippen molar-refractivity contribution in [2.75, 3.05) is 31.1 Å². The van der Waals surface area contributed by atoms with E-state index in [0.29, 0.717) is 54.3 Å². The second-order valence-corrected chi connectivity index (χ2v) is 8.62. The van der Waals surface area contributed by atoms with E-state index >= 15 is 0 Å².